The van der Waals surface area contributed by atoms with Gasteiger partial charge in [0.15, 0.2) is 0 Å². The van der Waals surface area contributed by atoms with E-state index in [2.05, 4.69) is 44.3 Å². The highest BCUT2D eigenvalue weighted by atomic mass is 16.5. The number of ether oxygens (including phenoxy) is 1. The Balaban J connectivity index is 4.86. The zero-order valence-corrected chi connectivity index (χ0v) is 34.3. The smallest absolute Gasteiger partial charge is 0.306 e. The summed E-state index contributed by atoms with van der Waals surface area (Å²) >= 11 is 0. The summed E-state index contributed by atoms with van der Waals surface area (Å²) in [5, 5.41) is 23.5. The monoisotopic (exact) mass is 748 g/mol. The molecule has 1 amide bonds. The van der Waals surface area contributed by atoms with Crippen LogP contribution in [-0.4, -0.2) is 46.9 Å². The van der Waals surface area contributed by atoms with Gasteiger partial charge in [-0.25, -0.2) is 0 Å². The van der Waals surface area contributed by atoms with Gasteiger partial charge >= 0.3 is 5.97 Å². The van der Waals surface area contributed by atoms with Crippen molar-refractivity contribution < 1.29 is 24.5 Å². The third kappa shape index (κ3) is 35.5. The van der Waals surface area contributed by atoms with E-state index in [4.69, 9.17) is 4.74 Å². The van der Waals surface area contributed by atoms with E-state index in [1.807, 2.05) is 91.1 Å². The second-order valence-electron chi connectivity index (χ2n) is 13.9. The minimum Gasteiger partial charge on any atom is -0.461 e. The lowest BCUT2D eigenvalue weighted by Crippen LogP contribution is -2.46. The zero-order chi connectivity index (χ0) is 39.6. The number of rotatable bonds is 35. The van der Waals surface area contributed by atoms with Crippen LogP contribution >= 0.6 is 0 Å². The quantitative estimate of drug-likeness (QED) is 0.0341. The molecule has 6 heteroatoms. The van der Waals surface area contributed by atoms with Crippen LogP contribution in [0.4, 0.5) is 0 Å². The Morgan fingerprint density at radius 2 is 1.04 bits per heavy atom. The van der Waals surface area contributed by atoms with E-state index in [9.17, 15) is 19.8 Å². The van der Waals surface area contributed by atoms with E-state index in [1.54, 1.807) is 0 Å². The molecule has 3 N–H and O–H groups in total. The standard InChI is InChI=1S/C48H77NO5/c1-4-7-10-13-16-19-22-23-26-29-32-35-38-41-48(53)54-44(39-36-33-30-27-24-20-17-14-11-8-5-2)42-47(52)49-45(43-50)46(51)40-37-34-31-28-25-21-18-15-12-9-6-3/h7-8,10-11,13-14,16-17,19-20,22-24,26-27,30,33,36,44-46,50-51H,4-6,9,12,15,18,21,25,28-29,31-32,34-35,37-43H2,1-3H3,(H,49,52)/b10-7+,11-8+,16-13+,17-14+,22-19-,24-20-,26-23-,30-27-,36-33+. The number of aliphatic hydroxyl groups is 2. The Kier molecular flexibility index (Phi) is 38.1. The van der Waals surface area contributed by atoms with Gasteiger partial charge in [0.2, 0.25) is 5.91 Å². The van der Waals surface area contributed by atoms with Crippen molar-refractivity contribution in [2.45, 2.75) is 174 Å². The third-order valence-corrected chi connectivity index (χ3v) is 8.82. The summed E-state index contributed by atoms with van der Waals surface area (Å²) in [5.41, 5.74) is 0. The predicted molar refractivity (Wildman–Crippen MR) is 231 cm³/mol. The van der Waals surface area contributed by atoms with Crippen molar-refractivity contribution >= 4 is 11.9 Å². The Hall–Kier alpha value is -3.48. The van der Waals surface area contributed by atoms with Crippen LogP contribution in [0.5, 0.6) is 0 Å². The van der Waals surface area contributed by atoms with Crippen LogP contribution in [0.2, 0.25) is 0 Å². The van der Waals surface area contributed by atoms with Crippen LogP contribution < -0.4 is 5.32 Å². The summed E-state index contributed by atoms with van der Waals surface area (Å²) in [4.78, 5) is 25.8. The Labute approximate surface area is 330 Å². The second kappa shape index (κ2) is 40.7. The van der Waals surface area contributed by atoms with E-state index in [0.717, 1.165) is 57.8 Å². The normalized spacial score (nSPS) is 14.5. The molecule has 54 heavy (non-hydrogen) atoms. The lowest BCUT2D eigenvalue weighted by molar-refractivity contribution is -0.150. The van der Waals surface area contributed by atoms with Crippen molar-refractivity contribution in [1.82, 2.24) is 5.32 Å². The van der Waals surface area contributed by atoms with Gasteiger partial charge in [-0.1, -0.05) is 207 Å². The van der Waals surface area contributed by atoms with Crippen LogP contribution in [0.25, 0.3) is 0 Å². The van der Waals surface area contributed by atoms with E-state index >= 15 is 0 Å². The van der Waals surface area contributed by atoms with Crippen LogP contribution in [0, 0.1) is 0 Å². The molecule has 0 bridgehead atoms. The molecule has 0 saturated heterocycles. The zero-order valence-electron chi connectivity index (χ0n) is 34.3. The molecule has 0 aliphatic carbocycles. The topological polar surface area (TPSA) is 95.9 Å². The maximum atomic E-state index is 13.1. The van der Waals surface area contributed by atoms with Gasteiger partial charge in [0.25, 0.3) is 0 Å². The summed E-state index contributed by atoms with van der Waals surface area (Å²) in [6.45, 7) is 6.10. The van der Waals surface area contributed by atoms with E-state index in [-0.39, 0.29) is 24.9 Å². The number of nitrogens with one attached hydrogen (secondary N) is 1. The van der Waals surface area contributed by atoms with Gasteiger partial charge in [0, 0.05) is 12.8 Å². The maximum absolute atomic E-state index is 13.1. The SMILES string of the molecule is CC/C=C/C=C/C=C\C=C/C=C/CC(CC(=O)NC(CO)C(O)CCCCCCCCCCCCC)OC(=O)CCCCC\C=C/C=C\C=C\C=C\CC. The number of carbonyl (C=O) groups is 2. The van der Waals surface area contributed by atoms with Gasteiger partial charge in [0.05, 0.1) is 25.2 Å². The lowest BCUT2D eigenvalue weighted by atomic mass is 10.0. The van der Waals surface area contributed by atoms with Gasteiger partial charge in [-0.15, -0.1) is 0 Å². The number of unbranched alkanes of at least 4 members (excludes halogenated alkanes) is 13. The van der Waals surface area contributed by atoms with Crippen LogP contribution in [0.15, 0.2) is 109 Å². The summed E-state index contributed by atoms with van der Waals surface area (Å²) in [5.74, 6) is -0.671. The molecule has 0 radical (unpaired) electrons. The molecule has 0 aliphatic rings. The molecule has 0 aliphatic heterocycles. The summed E-state index contributed by atoms with van der Waals surface area (Å²) in [6, 6.07) is -0.752. The van der Waals surface area contributed by atoms with Crippen molar-refractivity contribution in [2.75, 3.05) is 6.61 Å². The van der Waals surface area contributed by atoms with Crippen molar-refractivity contribution in [3.8, 4) is 0 Å². The molecule has 0 rings (SSSR count). The summed E-state index contributed by atoms with van der Waals surface area (Å²) in [6.07, 6.45) is 54.6. The number of hydrogen-bond donors (Lipinski definition) is 3. The average molecular weight is 748 g/mol. The molecule has 0 aromatic rings. The molecule has 0 heterocycles. The summed E-state index contributed by atoms with van der Waals surface area (Å²) in [7, 11) is 0. The molecule has 0 fully saturated rings. The Morgan fingerprint density at radius 1 is 0.574 bits per heavy atom. The Bertz CT molecular complexity index is 1160. The van der Waals surface area contributed by atoms with Gasteiger partial charge in [0.1, 0.15) is 6.10 Å². The molecule has 3 unspecified atom stereocenters. The summed E-state index contributed by atoms with van der Waals surface area (Å²) < 4.78 is 5.78. The van der Waals surface area contributed by atoms with E-state index in [0.29, 0.717) is 19.3 Å². The molecule has 304 valence electrons. The first kappa shape index (κ1) is 50.5. The minimum atomic E-state index is -0.829. The first-order valence-electron chi connectivity index (χ1n) is 21.2. The van der Waals surface area contributed by atoms with Crippen molar-refractivity contribution in [2.24, 2.45) is 0 Å². The third-order valence-electron chi connectivity index (χ3n) is 8.82. The fraction of sp³-hybridized carbons (Fsp3) is 0.583. The fourth-order valence-electron chi connectivity index (χ4n) is 5.64. The fourth-order valence-corrected chi connectivity index (χ4v) is 5.64. The minimum absolute atomic E-state index is 0.0418. The highest BCUT2D eigenvalue weighted by molar-refractivity contribution is 5.77. The Morgan fingerprint density at radius 3 is 1.56 bits per heavy atom. The molecular formula is C48H77NO5. The highest BCUT2D eigenvalue weighted by Gasteiger charge is 2.23. The van der Waals surface area contributed by atoms with Crippen molar-refractivity contribution in [1.29, 1.82) is 0 Å². The number of amides is 1. The largest absolute Gasteiger partial charge is 0.461 e. The predicted octanol–water partition coefficient (Wildman–Crippen LogP) is 12.0. The molecular weight excluding hydrogens is 671 g/mol. The number of esters is 1. The molecule has 0 saturated carbocycles. The van der Waals surface area contributed by atoms with Crippen molar-refractivity contribution in [3.05, 3.63) is 109 Å². The molecule has 6 nitrogen and oxygen atoms in total. The molecule has 3 atom stereocenters. The first-order valence-corrected chi connectivity index (χ1v) is 21.2. The van der Waals surface area contributed by atoms with Crippen LogP contribution in [-0.2, 0) is 14.3 Å². The van der Waals surface area contributed by atoms with Gasteiger partial charge in [-0.05, 0) is 38.5 Å². The molecule has 0 spiro atoms. The number of hydrogen-bond acceptors (Lipinski definition) is 5. The van der Waals surface area contributed by atoms with Crippen LogP contribution in [0.1, 0.15) is 156 Å². The van der Waals surface area contributed by atoms with Crippen molar-refractivity contribution in [3.63, 3.8) is 0 Å². The lowest BCUT2D eigenvalue weighted by Gasteiger charge is -2.24. The maximum Gasteiger partial charge on any atom is 0.306 e. The number of carbonyl (C=O) groups excluding carboxylic acids is 2. The van der Waals surface area contributed by atoms with Crippen LogP contribution in [0.3, 0.4) is 0 Å². The second-order valence-corrected chi connectivity index (χ2v) is 13.9. The van der Waals surface area contributed by atoms with Gasteiger partial charge in [-0.3, -0.25) is 9.59 Å². The van der Waals surface area contributed by atoms with Gasteiger partial charge < -0.3 is 20.3 Å². The van der Waals surface area contributed by atoms with E-state index in [1.165, 1.54) is 51.4 Å². The number of aliphatic hydroxyl groups excluding tert-OH is 2. The molecule has 0 aromatic heterocycles. The molecule has 0 aromatic carbocycles. The number of allylic oxidation sites excluding steroid dienone is 17. The van der Waals surface area contributed by atoms with E-state index < -0.39 is 18.2 Å². The highest BCUT2D eigenvalue weighted by Crippen LogP contribution is 2.15. The average Bonchev–Trinajstić information content (AvgIpc) is 3.16. The van der Waals surface area contributed by atoms with Gasteiger partial charge in [-0.2, -0.15) is 0 Å². The first-order chi connectivity index (χ1) is 26.5.